The fraction of sp³-hybridized carbons (Fsp3) is 0.500. The minimum atomic E-state index is -0.565. The first-order chi connectivity index (χ1) is 10.6. The highest BCUT2D eigenvalue weighted by molar-refractivity contribution is 5.83. The monoisotopic (exact) mass is 300 g/mol. The molecule has 3 N–H and O–H groups in total. The fourth-order valence-corrected chi connectivity index (χ4v) is 3.32. The first kappa shape index (κ1) is 15.3. The predicted molar refractivity (Wildman–Crippen MR) is 88.0 cm³/mol. The molecule has 118 valence electrons. The average Bonchev–Trinajstić information content (AvgIpc) is 2.55. The van der Waals surface area contributed by atoms with Crippen molar-refractivity contribution in [2.75, 3.05) is 7.11 Å². The van der Waals surface area contributed by atoms with Crippen molar-refractivity contribution < 1.29 is 9.84 Å². The third-order valence-corrected chi connectivity index (χ3v) is 4.86. The number of methoxy groups -OCH3 is 1. The molecule has 0 spiro atoms. The van der Waals surface area contributed by atoms with E-state index in [1.165, 1.54) is 5.56 Å². The van der Waals surface area contributed by atoms with Crippen LogP contribution in [0.1, 0.15) is 37.7 Å². The number of aromatic nitrogens is 1. The minimum absolute atomic E-state index is 0.256. The number of benzene rings is 1. The van der Waals surface area contributed by atoms with Gasteiger partial charge in [-0.1, -0.05) is 0 Å². The van der Waals surface area contributed by atoms with Gasteiger partial charge in [-0.15, -0.1) is 0 Å². The number of aryl methyl sites for hydroxylation is 1. The van der Waals surface area contributed by atoms with Crippen molar-refractivity contribution in [3.63, 3.8) is 0 Å². The SMILES string of the molecule is COc1ccc2nccc(CCC3(O)CCC(N)CC3)c2c1. The lowest BCUT2D eigenvalue weighted by atomic mass is 9.79. The highest BCUT2D eigenvalue weighted by atomic mass is 16.5. The molecule has 1 heterocycles. The molecule has 2 aromatic rings. The summed E-state index contributed by atoms with van der Waals surface area (Å²) < 4.78 is 5.31. The van der Waals surface area contributed by atoms with E-state index in [0.717, 1.165) is 55.2 Å². The van der Waals surface area contributed by atoms with E-state index in [4.69, 9.17) is 10.5 Å². The Balaban J connectivity index is 1.79. The molecular formula is C18H24N2O2. The summed E-state index contributed by atoms with van der Waals surface area (Å²) in [6.45, 7) is 0. The molecule has 1 aliphatic carbocycles. The maximum atomic E-state index is 10.7. The van der Waals surface area contributed by atoms with E-state index < -0.39 is 5.60 Å². The molecule has 1 saturated carbocycles. The summed E-state index contributed by atoms with van der Waals surface area (Å²) in [6, 6.07) is 8.23. The van der Waals surface area contributed by atoms with Gasteiger partial charge in [0.25, 0.3) is 0 Å². The Hall–Kier alpha value is -1.65. The van der Waals surface area contributed by atoms with Crippen LogP contribution in [-0.2, 0) is 6.42 Å². The smallest absolute Gasteiger partial charge is 0.119 e. The highest BCUT2D eigenvalue weighted by Gasteiger charge is 2.31. The number of rotatable bonds is 4. The Kier molecular flexibility index (Phi) is 4.32. The largest absolute Gasteiger partial charge is 0.497 e. The van der Waals surface area contributed by atoms with Gasteiger partial charge >= 0.3 is 0 Å². The number of nitrogens with two attached hydrogens (primary N) is 1. The van der Waals surface area contributed by atoms with Gasteiger partial charge in [0.1, 0.15) is 5.75 Å². The van der Waals surface area contributed by atoms with E-state index in [9.17, 15) is 5.11 Å². The molecule has 0 unspecified atom stereocenters. The summed E-state index contributed by atoms with van der Waals surface area (Å²) in [5, 5.41) is 11.8. The zero-order chi connectivity index (χ0) is 15.6. The van der Waals surface area contributed by atoms with Crippen LogP contribution < -0.4 is 10.5 Å². The molecule has 0 atom stereocenters. The topological polar surface area (TPSA) is 68.4 Å². The first-order valence-corrected chi connectivity index (χ1v) is 7.99. The molecule has 0 aliphatic heterocycles. The Morgan fingerprint density at radius 3 is 2.82 bits per heavy atom. The fourth-order valence-electron chi connectivity index (χ4n) is 3.32. The first-order valence-electron chi connectivity index (χ1n) is 7.99. The molecule has 0 saturated heterocycles. The Labute approximate surface area is 131 Å². The van der Waals surface area contributed by atoms with Crippen LogP contribution in [0.5, 0.6) is 5.75 Å². The van der Waals surface area contributed by atoms with Crippen molar-refractivity contribution in [3.05, 3.63) is 36.0 Å². The number of pyridine rings is 1. The summed E-state index contributed by atoms with van der Waals surface area (Å²) in [7, 11) is 1.67. The van der Waals surface area contributed by atoms with Gasteiger partial charge in [-0.25, -0.2) is 0 Å². The molecule has 22 heavy (non-hydrogen) atoms. The van der Waals surface area contributed by atoms with Crippen LogP contribution in [-0.4, -0.2) is 28.8 Å². The van der Waals surface area contributed by atoms with Gasteiger partial charge in [-0.05, 0) is 68.4 Å². The zero-order valence-electron chi connectivity index (χ0n) is 13.1. The second-order valence-electron chi connectivity index (χ2n) is 6.41. The number of aliphatic hydroxyl groups is 1. The number of fused-ring (bicyclic) bond motifs is 1. The molecule has 0 radical (unpaired) electrons. The number of nitrogens with zero attached hydrogens (tertiary/aromatic N) is 1. The van der Waals surface area contributed by atoms with Crippen LogP contribution in [0, 0.1) is 0 Å². The molecule has 4 nitrogen and oxygen atoms in total. The molecule has 0 bridgehead atoms. The van der Waals surface area contributed by atoms with Gasteiger partial charge in [0.2, 0.25) is 0 Å². The molecule has 1 aromatic carbocycles. The van der Waals surface area contributed by atoms with Crippen molar-refractivity contribution >= 4 is 10.9 Å². The molecule has 1 fully saturated rings. The van der Waals surface area contributed by atoms with Crippen LogP contribution in [0.3, 0.4) is 0 Å². The van der Waals surface area contributed by atoms with Gasteiger partial charge < -0.3 is 15.6 Å². The highest BCUT2D eigenvalue weighted by Crippen LogP contribution is 2.32. The van der Waals surface area contributed by atoms with Crippen LogP contribution in [0.4, 0.5) is 0 Å². The van der Waals surface area contributed by atoms with Crippen molar-refractivity contribution in [1.82, 2.24) is 4.98 Å². The van der Waals surface area contributed by atoms with Gasteiger partial charge in [-0.3, -0.25) is 4.98 Å². The second kappa shape index (κ2) is 6.23. The zero-order valence-corrected chi connectivity index (χ0v) is 13.1. The minimum Gasteiger partial charge on any atom is -0.497 e. The number of ether oxygens (including phenoxy) is 1. The van der Waals surface area contributed by atoms with Crippen molar-refractivity contribution in [1.29, 1.82) is 0 Å². The quantitative estimate of drug-likeness (QED) is 0.911. The molecule has 1 aromatic heterocycles. The summed E-state index contributed by atoms with van der Waals surface area (Å²) in [6.07, 6.45) is 6.91. The van der Waals surface area contributed by atoms with Crippen molar-refractivity contribution in [2.24, 2.45) is 5.73 Å². The van der Waals surface area contributed by atoms with E-state index in [1.807, 2.05) is 30.5 Å². The van der Waals surface area contributed by atoms with Gasteiger partial charge in [-0.2, -0.15) is 0 Å². The van der Waals surface area contributed by atoms with E-state index in [1.54, 1.807) is 7.11 Å². The van der Waals surface area contributed by atoms with Crippen molar-refractivity contribution in [3.8, 4) is 5.75 Å². The lowest BCUT2D eigenvalue weighted by molar-refractivity contribution is -0.00744. The Bertz CT molecular complexity index is 649. The van der Waals surface area contributed by atoms with Crippen LogP contribution in [0.15, 0.2) is 30.5 Å². The summed E-state index contributed by atoms with van der Waals surface area (Å²) >= 11 is 0. The number of hydrogen-bond acceptors (Lipinski definition) is 4. The van der Waals surface area contributed by atoms with Gasteiger partial charge in [0.05, 0.1) is 18.2 Å². The Morgan fingerprint density at radius 2 is 2.09 bits per heavy atom. The molecule has 1 aliphatic rings. The van der Waals surface area contributed by atoms with E-state index in [2.05, 4.69) is 4.98 Å². The molecule has 0 amide bonds. The third kappa shape index (κ3) is 3.23. The second-order valence-corrected chi connectivity index (χ2v) is 6.41. The maximum Gasteiger partial charge on any atom is 0.119 e. The average molecular weight is 300 g/mol. The van der Waals surface area contributed by atoms with E-state index >= 15 is 0 Å². The van der Waals surface area contributed by atoms with Gasteiger partial charge in [0, 0.05) is 17.6 Å². The Morgan fingerprint density at radius 1 is 1.32 bits per heavy atom. The van der Waals surface area contributed by atoms with E-state index in [0.29, 0.717) is 0 Å². The lowest BCUT2D eigenvalue weighted by Gasteiger charge is -2.35. The maximum absolute atomic E-state index is 10.7. The third-order valence-electron chi connectivity index (χ3n) is 4.86. The lowest BCUT2D eigenvalue weighted by Crippen LogP contribution is -2.39. The van der Waals surface area contributed by atoms with Crippen LogP contribution >= 0.6 is 0 Å². The standard InChI is InChI=1S/C18H24N2O2/c1-22-15-2-3-17-16(12-15)13(7-11-20-17)4-8-18(21)9-5-14(19)6-10-18/h2-3,7,11-12,14,21H,4-6,8-10,19H2,1H3. The summed E-state index contributed by atoms with van der Waals surface area (Å²) in [4.78, 5) is 4.40. The summed E-state index contributed by atoms with van der Waals surface area (Å²) in [5.41, 5.74) is 7.55. The summed E-state index contributed by atoms with van der Waals surface area (Å²) in [5.74, 6) is 0.837. The van der Waals surface area contributed by atoms with E-state index in [-0.39, 0.29) is 6.04 Å². The number of hydrogen-bond donors (Lipinski definition) is 2. The predicted octanol–water partition coefficient (Wildman–Crippen LogP) is 2.81. The van der Waals surface area contributed by atoms with Crippen molar-refractivity contribution in [2.45, 2.75) is 50.2 Å². The molecule has 4 heteroatoms. The van der Waals surface area contributed by atoms with Crippen LogP contribution in [0.25, 0.3) is 10.9 Å². The molecule has 3 rings (SSSR count). The normalized spacial score (nSPS) is 25.3. The van der Waals surface area contributed by atoms with Gasteiger partial charge in [0.15, 0.2) is 0 Å². The van der Waals surface area contributed by atoms with Crippen LogP contribution in [0.2, 0.25) is 0 Å². The molecular weight excluding hydrogens is 276 g/mol.